The second kappa shape index (κ2) is 6.66. The standard InChI is InChI=1S/C15H12FIN2O2/c1-9(20)10-2-5-12(6-3-10)18-15(21)19-14-7-4-11(16)8-13(14)17/h2-8H,1H3,(H2,18,19,21). The number of halogens is 2. The highest BCUT2D eigenvalue weighted by Gasteiger charge is 2.07. The Kier molecular flexibility index (Phi) is 4.89. The van der Waals surface area contributed by atoms with Crippen molar-refractivity contribution in [2.75, 3.05) is 10.6 Å². The molecule has 0 aliphatic heterocycles. The Morgan fingerprint density at radius 3 is 2.29 bits per heavy atom. The molecule has 6 heteroatoms. The average molecular weight is 398 g/mol. The van der Waals surface area contributed by atoms with Gasteiger partial charge in [-0.25, -0.2) is 9.18 Å². The van der Waals surface area contributed by atoms with Crippen LogP contribution >= 0.6 is 22.6 Å². The van der Waals surface area contributed by atoms with E-state index in [-0.39, 0.29) is 11.6 Å². The summed E-state index contributed by atoms with van der Waals surface area (Å²) in [5, 5.41) is 5.27. The summed E-state index contributed by atoms with van der Waals surface area (Å²) in [4.78, 5) is 23.0. The molecule has 2 aromatic rings. The summed E-state index contributed by atoms with van der Waals surface area (Å²) in [6.45, 7) is 1.48. The van der Waals surface area contributed by atoms with Crippen LogP contribution in [0.15, 0.2) is 42.5 Å². The summed E-state index contributed by atoms with van der Waals surface area (Å²) >= 11 is 1.94. The van der Waals surface area contributed by atoms with Gasteiger partial charge in [0.1, 0.15) is 5.82 Å². The third-order valence-electron chi connectivity index (χ3n) is 2.73. The number of Topliss-reactive ketones (excluding diaryl/α,β-unsaturated/α-hetero) is 1. The molecule has 21 heavy (non-hydrogen) atoms. The molecule has 108 valence electrons. The molecule has 0 fully saturated rings. The summed E-state index contributed by atoms with van der Waals surface area (Å²) in [6.07, 6.45) is 0. The minimum atomic E-state index is -0.435. The Hall–Kier alpha value is -1.96. The maximum absolute atomic E-state index is 13.0. The first-order chi connectivity index (χ1) is 9.95. The van der Waals surface area contributed by atoms with Gasteiger partial charge in [0.05, 0.1) is 5.69 Å². The normalized spacial score (nSPS) is 10.0. The van der Waals surface area contributed by atoms with Gasteiger partial charge in [0.25, 0.3) is 0 Å². The van der Waals surface area contributed by atoms with E-state index < -0.39 is 6.03 Å². The lowest BCUT2D eigenvalue weighted by Crippen LogP contribution is -2.20. The molecule has 0 aliphatic rings. The fourth-order valence-corrected chi connectivity index (χ4v) is 2.28. The summed E-state index contributed by atoms with van der Waals surface area (Å²) < 4.78 is 13.6. The van der Waals surface area contributed by atoms with E-state index >= 15 is 0 Å². The van der Waals surface area contributed by atoms with Gasteiger partial charge >= 0.3 is 6.03 Å². The Morgan fingerprint density at radius 2 is 1.71 bits per heavy atom. The molecule has 2 aromatic carbocycles. The number of hydrogen-bond acceptors (Lipinski definition) is 2. The van der Waals surface area contributed by atoms with Crippen LogP contribution < -0.4 is 10.6 Å². The molecule has 0 radical (unpaired) electrons. The van der Waals surface area contributed by atoms with Crippen molar-refractivity contribution in [3.05, 3.63) is 57.4 Å². The Morgan fingerprint density at radius 1 is 1.05 bits per heavy atom. The van der Waals surface area contributed by atoms with Gasteiger partial charge < -0.3 is 10.6 Å². The van der Waals surface area contributed by atoms with Crippen LogP contribution in [-0.2, 0) is 0 Å². The summed E-state index contributed by atoms with van der Waals surface area (Å²) in [5.41, 5.74) is 1.67. The van der Waals surface area contributed by atoms with Gasteiger partial charge in [-0.05, 0) is 72.0 Å². The molecule has 0 spiro atoms. The highest BCUT2D eigenvalue weighted by Crippen LogP contribution is 2.19. The van der Waals surface area contributed by atoms with E-state index in [1.54, 1.807) is 24.3 Å². The topological polar surface area (TPSA) is 58.2 Å². The second-order valence-corrected chi connectivity index (χ2v) is 5.50. The highest BCUT2D eigenvalue weighted by molar-refractivity contribution is 14.1. The summed E-state index contributed by atoms with van der Waals surface area (Å²) in [7, 11) is 0. The fourth-order valence-electron chi connectivity index (χ4n) is 1.66. The van der Waals surface area contributed by atoms with E-state index in [4.69, 9.17) is 0 Å². The molecule has 2 amide bonds. The van der Waals surface area contributed by atoms with Crippen LogP contribution in [0, 0.1) is 9.39 Å². The number of nitrogens with one attached hydrogen (secondary N) is 2. The van der Waals surface area contributed by atoms with E-state index in [1.807, 2.05) is 22.6 Å². The summed E-state index contributed by atoms with van der Waals surface area (Å²) in [6, 6.07) is 10.2. The van der Waals surface area contributed by atoms with Gasteiger partial charge in [-0.15, -0.1) is 0 Å². The molecule has 0 aromatic heterocycles. The lowest BCUT2D eigenvalue weighted by Gasteiger charge is -2.09. The zero-order chi connectivity index (χ0) is 15.4. The maximum atomic E-state index is 13.0. The van der Waals surface area contributed by atoms with Crippen LogP contribution in [-0.4, -0.2) is 11.8 Å². The summed E-state index contributed by atoms with van der Waals surface area (Å²) in [5.74, 6) is -0.392. The Balaban J connectivity index is 2.02. The van der Waals surface area contributed by atoms with Crippen LogP contribution in [0.3, 0.4) is 0 Å². The molecule has 0 saturated carbocycles. The van der Waals surface area contributed by atoms with E-state index in [0.29, 0.717) is 20.5 Å². The monoisotopic (exact) mass is 398 g/mol. The SMILES string of the molecule is CC(=O)c1ccc(NC(=O)Nc2ccc(F)cc2I)cc1. The van der Waals surface area contributed by atoms with E-state index in [1.165, 1.54) is 25.1 Å². The molecule has 0 aliphatic carbocycles. The predicted octanol–water partition coefficient (Wildman–Crippen LogP) is 4.28. The molecular weight excluding hydrogens is 386 g/mol. The van der Waals surface area contributed by atoms with Crippen LogP contribution in [0.25, 0.3) is 0 Å². The van der Waals surface area contributed by atoms with E-state index in [9.17, 15) is 14.0 Å². The highest BCUT2D eigenvalue weighted by atomic mass is 127. The smallest absolute Gasteiger partial charge is 0.308 e. The van der Waals surface area contributed by atoms with E-state index in [0.717, 1.165) is 0 Å². The number of ketones is 1. The Labute approximate surface area is 134 Å². The van der Waals surface area contributed by atoms with Crippen molar-refractivity contribution in [1.29, 1.82) is 0 Å². The molecule has 0 atom stereocenters. The maximum Gasteiger partial charge on any atom is 0.323 e. The molecular formula is C15H12FIN2O2. The number of carbonyl (C=O) groups excluding carboxylic acids is 2. The second-order valence-electron chi connectivity index (χ2n) is 4.34. The molecule has 0 heterocycles. The number of benzene rings is 2. The Bertz CT molecular complexity index is 687. The van der Waals surface area contributed by atoms with Crippen LogP contribution in [0.4, 0.5) is 20.6 Å². The quantitative estimate of drug-likeness (QED) is 0.599. The van der Waals surface area contributed by atoms with Crippen molar-refractivity contribution >= 4 is 45.8 Å². The van der Waals surface area contributed by atoms with Crippen molar-refractivity contribution in [3.63, 3.8) is 0 Å². The zero-order valence-electron chi connectivity index (χ0n) is 11.1. The third-order valence-corrected chi connectivity index (χ3v) is 3.62. The molecule has 0 unspecified atom stereocenters. The first-order valence-corrected chi connectivity index (χ1v) is 7.17. The van der Waals surface area contributed by atoms with Gasteiger partial charge in [0, 0.05) is 14.8 Å². The predicted molar refractivity (Wildman–Crippen MR) is 88.2 cm³/mol. The van der Waals surface area contributed by atoms with Gasteiger partial charge in [0.15, 0.2) is 5.78 Å². The molecule has 2 rings (SSSR count). The van der Waals surface area contributed by atoms with Gasteiger partial charge in [-0.2, -0.15) is 0 Å². The molecule has 4 nitrogen and oxygen atoms in total. The largest absolute Gasteiger partial charge is 0.323 e. The van der Waals surface area contributed by atoms with Crippen molar-refractivity contribution < 1.29 is 14.0 Å². The zero-order valence-corrected chi connectivity index (χ0v) is 13.3. The average Bonchev–Trinajstić information content (AvgIpc) is 2.42. The fraction of sp³-hybridized carbons (Fsp3) is 0.0667. The van der Waals surface area contributed by atoms with Crippen LogP contribution in [0.1, 0.15) is 17.3 Å². The number of amides is 2. The minimum Gasteiger partial charge on any atom is -0.308 e. The number of rotatable bonds is 3. The lowest BCUT2D eigenvalue weighted by atomic mass is 10.1. The van der Waals surface area contributed by atoms with Crippen LogP contribution in [0.2, 0.25) is 0 Å². The molecule has 2 N–H and O–H groups in total. The van der Waals surface area contributed by atoms with Gasteiger partial charge in [-0.1, -0.05) is 0 Å². The van der Waals surface area contributed by atoms with E-state index in [2.05, 4.69) is 10.6 Å². The number of anilines is 2. The molecule has 0 bridgehead atoms. The molecule has 0 saturated heterocycles. The van der Waals surface area contributed by atoms with Crippen molar-refractivity contribution in [1.82, 2.24) is 0 Å². The van der Waals surface area contributed by atoms with Gasteiger partial charge in [-0.3, -0.25) is 4.79 Å². The van der Waals surface area contributed by atoms with Crippen molar-refractivity contribution in [2.45, 2.75) is 6.92 Å². The van der Waals surface area contributed by atoms with Gasteiger partial charge in [0.2, 0.25) is 0 Å². The first kappa shape index (κ1) is 15.4. The number of hydrogen-bond donors (Lipinski definition) is 2. The van der Waals surface area contributed by atoms with Crippen molar-refractivity contribution in [3.8, 4) is 0 Å². The minimum absolute atomic E-state index is 0.0353. The van der Waals surface area contributed by atoms with Crippen molar-refractivity contribution in [2.24, 2.45) is 0 Å². The third kappa shape index (κ3) is 4.25. The lowest BCUT2D eigenvalue weighted by molar-refractivity contribution is 0.101. The first-order valence-electron chi connectivity index (χ1n) is 6.10. The number of carbonyl (C=O) groups is 2. The van der Waals surface area contributed by atoms with Crippen LogP contribution in [0.5, 0.6) is 0 Å². The number of urea groups is 1.